The first kappa shape index (κ1) is 14.6. The summed E-state index contributed by atoms with van der Waals surface area (Å²) < 4.78 is 2.93. The molecule has 1 aliphatic rings. The number of hydrogen-bond donors (Lipinski definition) is 2. The molecule has 2 atom stereocenters. The van der Waals surface area contributed by atoms with Gasteiger partial charge in [0.2, 0.25) is 4.75 Å². The highest BCUT2D eigenvalue weighted by molar-refractivity contribution is 8.02. The maximum Gasteiger partial charge on any atom is 0.334 e. The fourth-order valence-corrected chi connectivity index (χ4v) is 2.94. The molecule has 2 N–H and O–H groups in total. The van der Waals surface area contributed by atoms with Crippen molar-refractivity contribution in [3.63, 3.8) is 0 Å². The molecular weight excluding hydrogens is 260 g/mol. The van der Waals surface area contributed by atoms with Gasteiger partial charge in [-0.2, -0.15) is 0 Å². The summed E-state index contributed by atoms with van der Waals surface area (Å²) in [6.07, 6.45) is 2.71. The smallest absolute Gasteiger partial charge is 0.334 e. The van der Waals surface area contributed by atoms with Gasteiger partial charge in [0.15, 0.2) is 0 Å². The topological polar surface area (TPSA) is 101 Å². The summed E-state index contributed by atoms with van der Waals surface area (Å²) in [7, 11) is 0. The summed E-state index contributed by atoms with van der Waals surface area (Å²) in [5.41, 5.74) is 0. The fraction of sp³-hybridized carbons (Fsp3) is 0.545. The van der Waals surface area contributed by atoms with Crippen LogP contribution in [0.2, 0.25) is 0 Å². The van der Waals surface area contributed by atoms with Crippen LogP contribution in [0.25, 0.3) is 0 Å². The maximum absolute atomic E-state index is 11.9. The summed E-state index contributed by atoms with van der Waals surface area (Å²) in [6.45, 7) is 1.63. The molecule has 6 nitrogen and oxygen atoms in total. The van der Waals surface area contributed by atoms with Crippen molar-refractivity contribution in [3.8, 4) is 0 Å². The summed E-state index contributed by atoms with van der Waals surface area (Å²) in [6, 6.07) is 0. The summed E-state index contributed by atoms with van der Waals surface area (Å²) in [5.74, 6) is -3.98. The maximum atomic E-state index is 11.9. The van der Waals surface area contributed by atoms with Gasteiger partial charge in [-0.3, -0.25) is 9.59 Å². The number of carbonyl (C=O) groups excluding carboxylic acids is 1. The van der Waals surface area contributed by atoms with E-state index >= 15 is 0 Å². The molecule has 0 aliphatic carbocycles. The molecule has 7 heteroatoms. The number of rotatable bonds is 5. The van der Waals surface area contributed by atoms with E-state index in [0.717, 1.165) is 11.8 Å². The fourth-order valence-electron chi connectivity index (χ4n) is 1.80. The van der Waals surface area contributed by atoms with E-state index in [1.54, 1.807) is 13.0 Å². The van der Waals surface area contributed by atoms with Crippen molar-refractivity contribution in [2.45, 2.75) is 18.1 Å². The zero-order valence-corrected chi connectivity index (χ0v) is 10.6. The Bertz CT molecular complexity index is 391. The summed E-state index contributed by atoms with van der Waals surface area (Å²) in [4.78, 5) is 34.1. The second-order valence-electron chi connectivity index (χ2n) is 3.70. The van der Waals surface area contributed by atoms with Gasteiger partial charge in [0, 0.05) is 11.7 Å². The quantitative estimate of drug-likeness (QED) is 0.433. The first-order chi connectivity index (χ1) is 8.45. The Morgan fingerprint density at radius 2 is 2.11 bits per heavy atom. The zero-order chi connectivity index (χ0) is 13.8. The minimum Gasteiger partial charge on any atom is -0.481 e. The second-order valence-corrected chi connectivity index (χ2v) is 4.97. The Labute approximate surface area is 108 Å². The molecule has 1 rings (SSSR count). The molecule has 0 aromatic heterocycles. The van der Waals surface area contributed by atoms with Crippen LogP contribution in [-0.4, -0.2) is 45.2 Å². The number of thioether (sulfide) groups is 1. The molecule has 0 radical (unpaired) electrons. The Balaban J connectivity index is 3.13. The number of allylic oxidation sites excluding steroid dienone is 1. The molecule has 1 aliphatic heterocycles. The Morgan fingerprint density at radius 3 is 2.61 bits per heavy atom. The van der Waals surface area contributed by atoms with Gasteiger partial charge < -0.3 is 14.9 Å². The normalized spacial score (nSPS) is 26.6. The van der Waals surface area contributed by atoms with Gasteiger partial charge in [-0.05, 0) is 6.92 Å². The number of aliphatic carboxylic acids is 2. The predicted molar refractivity (Wildman–Crippen MR) is 64.3 cm³/mol. The molecular formula is C11H14O6S. The number of carboxylic acids is 2. The number of carboxylic acid groups (broad SMARTS) is 2. The van der Waals surface area contributed by atoms with Crippen LogP contribution in [0, 0.1) is 5.92 Å². The molecule has 0 amide bonds. The van der Waals surface area contributed by atoms with Crippen molar-refractivity contribution in [2.24, 2.45) is 5.92 Å². The molecule has 100 valence electrons. The van der Waals surface area contributed by atoms with Crippen molar-refractivity contribution in [1.29, 1.82) is 0 Å². The third-order valence-electron chi connectivity index (χ3n) is 2.59. The van der Waals surface area contributed by atoms with E-state index in [2.05, 4.69) is 0 Å². The predicted octanol–water partition coefficient (Wildman–Crippen LogP) is 0.767. The average molecular weight is 274 g/mol. The number of esters is 1. The van der Waals surface area contributed by atoms with E-state index in [-0.39, 0.29) is 6.61 Å². The lowest BCUT2D eigenvalue weighted by Crippen LogP contribution is -2.52. The van der Waals surface area contributed by atoms with Crippen LogP contribution in [0.15, 0.2) is 12.2 Å². The van der Waals surface area contributed by atoms with Crippen LogP contribution >= 0.6 is 11.8 Å². The number of ether oxygens (including phenoxy) is 1. The Hall–Kier alpha value is -1.50. The highest BCUT2D eigenvalue weighted by Crippen LogP contribution is 2.41. The molecule has 0 fully saturated rings. The van der Waals surface area contributed by atoms with Gasteiger partial charge in [0.25, 0.3) is 0 Å². The molecule has 0 bridgehead atoms. The van der Waals surface area contributed by atoms with E-state index in [1.807, 2.05) is 0 Å². The lowest BCUT2D eigenvalue weighted by Gasteiger charge is -2.34. The molecule has 0 aromatic rings. The largest absolute Gasteiger partial charge is 0.481 e. The highest BCUT2D eigenvalue weighted by Gasteiger charge is 2.55. The van der Waals surface area contributed by atoms with E-state index in [0.29, 0.717) is 5.75 Å². The van der Waals surface area contributed by atoms with Gasteiger partial charge in [-0.1, -0.05) is 12.2 Å². The van der Waals surface area contributed by atoms with Crippen LogP contribution in [0.5, 0.6) is 0 Å². The highest BCUT2D eigenvalue weighted by atomic mass is 32.2. The molecule has 0 aromatic carbocycles. The number of hydrogen-bond acceptors (Lipinski definition) is 5. The standard InChI is InChI=1S/C11H14O6S/c1-2-17-10(16)11(9(14)15)7(6-8(12)13)4-3-5-18-11/h3-4,7H,2,5-6H2,1H3,(H,12,13)(H,14,15). The minimum atomic E-state index is -1.86. The molecule has 1 heterocycles. The van der Waals surface area contributed by atoms with Crippen molar-refractivity contribution in [1.82, 2.24) is 0 Å². The second kappa shape index (κ2) is 5.90. The van der Waals surface area contributed by atoms with E-state index < -0.39 is 35.0 Å². The minimum absolute atomic E-state index is 0.0535. The van der Waals surface area contributed by atoms with Crippen LogP contribution in [0.4, 0.5) is 0 Å². The van der Waals surface area contributed by atoms with Gasteiger partial charge >= 0.3 is 17.9 Å². The third kappa shape index (κ3) is 2.66. The first-order valence-electron chi connectivity index (χ1n) is 5.38. The molecule has 2 unspecified atom stereocenters. The van der Waals surface area contributed by atoms with Crippen molar-refractivity contribution in [3.05, 3.63) is 12.2 Å². The lowest BCUT2D eigenvalue weighted by molar-refractivity contribution is -0.157. The van der Waals surface area contributed by atoms with Crippen LogP contribution in [0.3, 0.4) is 0 Å². The van der Waals surface area contributed by atoms with Gasteiger partial charge in [-0.15, -0.1) is 11.8 Å². The van der Waals surface area contributed by atoms with Crippen molar-refractivity contribution < 1.29 is 29.3 Å². The Morgan fingerprint density at radius 1 is 1.44 bits per heavy atom. The van der Waals surface area contributed by atoms with Crippen LogP contribution < -0.4 is 0 Å². The van der Waals surface area contributed by atoms with Crippen molar-refractivity contribution >= 4 is 29.7 Å². The molecule has 18 heavy (non-hydrogen) atoms. The zero-order valence-electron chi connectivity index (χ0n) is 9.79. The van der Waals surface area contributed by atoms with E-state index in [4.69, 9.17) is 9.84 Å². The first-order valence-corrected chi connectivity index (χ1v) is 6.36. The molecule has 0 saturated carbocycles. The summed E-state index contributed by atoms with van der Waals surface area (Å²) in [5, 5.41) is 18.1. The monoisotopic (exact) mass is 274 g/mol. The van der Waals surface area contributed by atoms with E-state index in [9.17, 15) is 19.5 Å². The van der Waals surface area contributed by atoms with Crippen LogP contribution in [-0.2, 0) is 19.1 Å². The van der Waals surface area contributed by atoms with Gasteiger partial charge in [0.05, 0.1) is 13.0 Å². The van der Waals surface area contributed by atoms with Crippen LogP contribution in [0.1, 0.15) is 13.3 Å². The number of carbonyl (C=O) groups is 3. The van der Waals surface area contributed by atoms with Crippen molar-refractivity contribution in [2.75, 3.05) is 12.4 Å². The Kier molecular flexibility index (Phi) is 4.77. The summed E-state index contributed by atoms with van der Waals surface area (Å²) >= 11 is 0.893. The van der Waals surface area contributed by atoms with Gasteiger partial charge in [-0.25, -0.2) is 4.79 Å². The molecule has 0 spiro atoms. The van der Waals surface area contributed by atoms with E-state index in [1.165, 1.54) is 6.08 Å². The molecule has 0 saturated heterocycles. The van der Waals surface area contributed by atoms with Gasteiger partial charge in [0.1, 0.15) is 0 Å². The SMILES string of the molecule is CCOC(=O)C1(C(=O)O)SCC=CC1CC(=O)O. The lowest BCUT2D eigenvalue weighted by atomic mass is 9.87. The third-order valence-corrected chi connectivity index (χ3v) is 4.05. The average Bonchev–Trinajstić information content (AvgIpc) is 2.28.